The number of carboxylic acid groups (broad SMARTS) is 1. The van der Waals surface area contributed by atoms with Crippen molar-refractivity contribution in [3.8, 4) is 5.75 Å². The third kappa shape index (κ3) is 5.17. The molecular weight excluding hydrogens is 222 g/mol. The van der Waals surface area contributed by atoms with Crippen LogP contribution in [-0.4, -0.2) is 54.4 Å². The second kappa shape index (κ2) is 7.45. The van der Waals surface area contributed by atoms with E-state index in [2.05, 4.69) is 10.3 Å². The Bertz CT molecular complexity index is 384. The first-order valence-corrected chi connectivity index (χ1v) is 5.27. The van der Waals surface area contributed by atoms with E-state index < -0.39 is 6.09 Å². The summed E-state index contributed by atoms with van der Waals surface area (Å²) in [5, 5.41) is 11.5. The van der Waals surface area contributed by atoms with Gasteiger partial charge in [-0.05, 0) is 12.1 Å². The van der Waals surface area contributed by atoms with Gasteiger partial charge in [-0.25, -0.2) is 4.79 Å². The molecule has 0 aliphatic carbocycles. The lowest BCUT2D eigenvalue weighted by molar-refractivity contribution is 0.139. The molecule has 94 valence electrons. The molecule has 0 aromatic carbocycles. The molecule has 0 atom stereocenters. The number of amides is 1. The maximum Gasteiger partial charge on any atom is 0.407 e. The molecule has 17 heavy (non-hydrogen) atoms. The minimum atomic E-state index is -0.809. The Morgan fingerprint density at radius 3 is 2.76 bits per heavy atom. The zero-order valence-electron chi connectivity index (χ0n) is 10.7. The molecule has 1 aromatic rings. The lowest BCUT2D eigenvalue weighted by Gasteiger charge is -2.23. The van der Waals surface area contributed by atoms with Crippen molar-refractivity contribution in [2.75, 3.05) is 33.3 Å². The van der Waals surface area contributed by atoms with E-state index in [0.717, 1.165) is 13.1 Å². The van der Waals surface area contributed by atoms with Gasteiger partial charge in [0, 0.05) is 32.4 Å². The van der Waals surface area contributed by atoms with Crippen LogP contribution in [0.5, 0.6) is 5.75 Å². The molecular formula is C11H17N3O3. The van der Waals surface area contributed by atoms with E-state index in [-0.39, 0.29) is 0 Å². The molecule has 6 nitrogen and oxygen atoms in total. The highest BCUT2D eigenvalue weighted by molar-refractivity contribution is 5.65. The first kappa shape index (κ1) is 11.7. The van der Waals surface area contributed by atoms with Crippen LogP contribution in [0.3, 0.4) is 0 Å². The van der Waals surface area contributed by atoms with Crippen molar-refractivity contribution >= 4 is 6.09 Å². The number of hydrogen-bond donors (Lipinski definition) is 2. The summed E-state index contributed by atoms with van der Waals surface area (Å²) in [4.78, 5) is 15.4. The van der Waals surface area contributed by atoms with Gasteiger partial charge in [0.15, 0.2) is 0 Å². The number of nitrogens with one attached hydrogen (secondary N) is 1. The monoisotopic (exact) mass is 240 g/mol. The summed E-state index contributed by atoms with van der Waals surface area (Å²) in [5.74, 6) is 0.627. The highest BCUT2D eigenvalue weighted by Gasteiger charge is 2.13. The van der Waals surface area contributed by atoms with Crippen molar-refractivity contribution in [2.24, 2.45) is 0 Å². The average Bonchev–Trinajstić information content (AvgIpc) is 2.40. The second-order valence-electron chi connectivity index (χ2n) is 3.34. The van der Waals surface area contributed by atoms with E-state index in [1.807, 2.05) is 0 Å². The van der Waals surface area contributed by atoms with E-state index in [0.29, 0.717) is 24.9 Å². The quantitative estimate of drug-likeness (QED) is 0.754. The molecule has 1 aliphatic rings. The molecule has 0 spiro atoms. The van der Waals surface area contributed by atoms with Crippen LogP contribution in [0.1, 0.15) is 1.37 Å². The van der Waals surface area contributed by atoms with Crippen LogP contribution < -0.4 is 10.1 Å². The van der Waals surface area contributed by atoms with Crippen LogP contribution in [0.2, 0.25) is 0 Å². The van der Waals surface area contributed by atoms with E-state index in [1.54, 1.807) is 19.4 Å². The van der Waals surface area contributed by atoms with Gasteiger partial charge in [-0.2, -0.15) is 0 Å². The third-order valence-electron chi connectivity index (χ3n) is 2.20. The maximum atomic E-state index is 10.3. The molecule has 1 aliphatic heterocycles. The summed E-state index contributed by atoms with van der Waals surface area (Å²) in [7, 11) is 1.55. The van der Waals surface area contributed by atoms with Crippen molar-refractivity contribution in [1.82, 2.24) is 15.2 Å². The Labute approximate surface area is 102 Å². The zero-order valence-corrected chi connectivity index (χ0v) is 9.72. The summed E-state index contributed by atoms with van der Waals surface area (Å²) in [6.45, 7) is 2.81. The normalized spacial score (nSPS) is 15.4. The second-order valence-corrected chi connectivity index (χ2v) is 3.34. The summed E-state index contributed by atoms with van der Waals surface area (Å²) in [6.07, 6.45) is 2.22. The lowest BCUT2D eigenvalue weighted by atomic mass is 10.4. The molecule has 1 amide bonds. The smallest absolute Gasteiger partial charge is 0.407 e. The third-order valence-corrected chi connectivity index (χ3v) is 2.20. The highest BCUT2D eigenvalue weighted by Crippen LogP contribution is 2.02. The van der Waals surface area contributed by atoms with Crippen molar-refractivity contribution in [3.63, 3.8) is 0 Å². The number of carbonyl (C=O) groups is 1. The van der Waals surface area contributed by atoms with Crippen molar-refractivity contribution in [3.05, 3.63) is 24.5 Å². The van der Waals surface area contributed by atoms with Gasteiger partial charge in [0.1, 0.15) is 5.75 Å². The van der Waals surface area contributed by atoms with Crippen LogP contribution in [0, 0.1) is 0 Å². The summed E-state index contributed by atoms with van der Waals surface area (Å²) >= 11 is 0. The van der Waals surface area contributed by atoms with Gasteiger partial charge in [0.05, 0.1) is 14.7 Å². The van der Waals surface area contributed by atoms with Gasteiger partial charge in [-0.3, -0.25) is 4.98 Å². The zero-order chi connectivity index (χ0) is 13.4. The van der Waals surface area contributed by atoms with Crippen LogP contribution in [-0.2, 0) is 0 Å². The standard InChI is InChI=1S/C6H7NO.C5H10N2O2/c1-8-6-3-2-4-7-5-6;8-5(9)7-3-1-6-2-4-7/h2-5H,1H3;6H,1-4H2,(H,8,9)/i2D;. The van der Waals surface area contributed by atoms with Crippen LogP contribution in [0.4, 0.5) is 4.79 Å². The number of aromatic nitrogens is 1. The fraction of sp³-hybridized carbons (Fsp3) is 0.455. The lowest BCUT2D eigenvalue weighted by Crippen LogP contribution is -2.45. The van der Waals surface area contributed by atoms with Crippen LogP contribution in [0.15, 0.2) is 24.5 Å². The van der Waals surface area contributed by atoms with Gasteiger partial charge in [-0.15, -0.1) is 0 Å². The fourth-order valence-electron chi connectivity index (χ4n) is 1.28. The molecule has 0 bridgehead atoms. The van der Waals surface area contributed by atoms with Gasteiger partial charge in [0.25, 0.3) is 0 Å². The first-order chi connectivity index (χ1) is 8.63. The molecule has 0 unspecified atom stereocenters. The highest BCUT2D eigenvalue weighted by atomic mass is 16.5. The number of methoxy groups -OCH3 is 1. The predicted molar refractivity (Wildman–Crippen MR) is 63.3 cm³/mol. The maximum absolute atomic E-state index is 10.3. The molecule has 0 radical (unpaired) electrons. The Morgan fingerprint density at radius 1 is 1.65 bits per heavy atom. The fourth-order valence-corrected chi connectivity index (χ4v) is 1.28. The first-order valence-electron chi connectivity index (χ1n) is 5.77. The van der Waals surface area contributed by atoms with Crippen LogP contribution >= 0.6 is 0 Å². The number of rotatable bonds is 1. The number of piperazine rings is 1. The molecule has 2 rings (SSSR count). The SMILES string of the molecule is O=C(O)N1CCNCC1.[2H]c1cncc(OC)c1. The van der Waals surface area contributed by atoms with E-state index >= 15 is 0 Å². The molecule has 1 aromatic heterocycles. The molecule has 2 N–H and O–H groups in total. The van der Waals surface area contributed by atoms with Gasteiger partial charge in [-0.1, -0.05) is 0 Å². The van der Waals surface area contributed by atoms with Crippen molar-refractivity contribution in [2.45, 2.75) is 0 Å². The Balaban J connectivity index is 0.000000180. The largest absolute Gasteiger partial charge is 0.495 e. The Morgan fingerprint density at radius 2 is 2.35 bits per heavy atom. The summed E-state index contributed by atoms with van der Waals surface area (Å²) in [5.41, 5.74) is 0. The van der Waals surface area contributed by atoms with Crippen LogP contribution in [0.25, 0.3) is 0 Å². The predicted octanol–water partition coefficient (Wildman–Crippen LogP) is 0.660. The topological polar surface area (TPSA) is 74.7 Å². The molecule has 6 heteroatoms. The van der Waals surface area contributed by atoms with E-state index in [4.69, 9.17) is 11.2 Å². The average molecular weight is 240 g/mol. The molecule has 2 heterocycles. The number of pyridine rings is 1. The summed E-state index contributed by atoms with van der Waals surface area (Å²) < 4.78 is 11.9. The minimum absolute atomic E-state index is 0.370. The summed E-state index contributed by atoms with van der Waals surface area (Å²) in [6, 6.07) is 1.97. The Kier molecular flexibility index (Phi) is 5.11. The van der Waals surface area contributed by atoms with Gasteiger partial charge in [0.2, 0.25) is 0 Å². The van der Waals surface area contributed by atoms with Gasteiger partial charge < -0.3 is 20.1 Å². The van der Waals surface area contributed by atoms with E-state index in [9.17, 15) is 4.79 Å². The van der Waals surface area contributed by atoms with Crippen molar-refractivity contribution in [1.29, 1.82) is 0 Å². The molecule has 0 saturated carbocycles. The number of ether oxygens (including phenoxy) is 1. The molecule has 1 fully saturated rings. The van der Waals surface area contributed by atoms with E-state index in [1.165, 1.54) is 11.1 Å². The number of nitrogens with zero attached hydrogens (tertiary/aromatic N) is 2. The number of hydrogen-bond acceptors (Lipinski definition) is 4. The minimum Gasteiger partial charge on any atom is -0.495 e. The molecule has 1 saturated heterocycles. The Hall–Kier alpha value is -1.82. The van der Waals surface area contributed by atoms with Crippen molar-refractivity contribution < 1.29 is 16.0 Å². The van der Waals surface area contributed by atoms with Gasteiger partial charge >= 0.3 is 6.09 Å².